The molecule has 0 aromatic heterocycles. The molecule has 3 atom stereocenters. The summed E-state index contributed by atoms with van der Waals surface area (Å²) in [6, 6.07) is 13.1. The van der Waals surface area contributed by atoms with Crippen LogP contribution >= 0.6 is 0 Å². The molecule has 0 spiro atoms. The van der Waals surface area contributed by atoms with Gasteiger partial charge in [-0.25, -0.2) is 0 Å². The molecule has 3 rings (SSSR count). The van der Waals surface area contributed by atoms with Gasteiger partial charge < -0.3 is 19.7 Å². The van der Waals surface area contributed by atoms with Crippen molar-refractivity contribution in [2.75, 3.05) is 20.8 Å². The largest absolute Gasteiger partial charge is 0.493 e. The summed E-state index contributed by atoms with van der Waals surface area (Å²) < 4.78 is 11.1. The third kappa shape index (κ3) is 4.73. The first-order chi connectivity index (χ1) is 14.0. The summed E-state index contributed by atoms with van der Waals surface area (Å²) in [4.78, 5) is 13.6. The molecule has 2 aromatic carbocycles. The van der Waals surface area contributed by atoms with Gasteiger partial charge in [-0.05, 0) is 31.5 Å². The van der Waals surface area contributed by atoms with Gasteiger partial charge in [-0.2, -0.15) is 0 Å². The molecule has 0 saturated heterocycles. The van der Waals surface area contributed by atoms with E-state index in [9.17, 15) is 4.79 Å². The van der Waals surface area contributed by atoms with Crippen molar-refractivity contribution in [3.63, 3.8) is 0 Å². The van der Waals surface area contributed by atoms with Crippen LogP contribution in [0.15, 0.2) is 36.4 Å². The molecular formula is C24H33N2O3+. The van der Waals surface area contributed by atoms with Crippen LogP contribution in [-0.2, 0) is 17.8 Å². The number of ether oxygens (including phenoxy) is 2. The Labute approximate surface area is 174 Å². The average molecular weight is 398 g/mol. The normalized spacial score (nSPS) is 19.2. The second kappa shape index (κ2) is 9.31. The van der Waals surface area contributed by atoms with Gasteiger partial charge in [0.05, 0.1) is 26.8 Å². The van der Waals surface area contributed by atoms with Gasteiger partial charge in [-0.15, -0.1) is 0 Å². The van der Waals surface area contributed by atoms with Gasteiger partial charge in [0.1, 0.15) is 12.6 Å². The molecular weight excluding hydrogens is 364 g/mol. The van der Waals surface area contributed by atoms with Gasteiger partial charge in [-0.3, -0.25) is 4.79 Å². The van der Waals surface area contributed by atoms with E-state index < -0.39 is 0 Å². The quantitative estimate of drug-likeness (QED) is 0.755. The molecule has 156 valence electrons. The summed E-state index contributed by atoms with van der Waals surface area (Å²) in [7, 11) is 3.34. The van der Waals surface area contributed by atoms with Gasteiger partial charge in [0.25, 0.3) is 0 Å². The number of nitrogens with one attached hydrogen (secondary N) is 2. The topological polar surface area (TPSA) is 52.0 Å². The zero-order chi connectivity index (χ0) is 21.0. The van der Waals surface area contributed by atoms with E-state index >= 15 is 0 Å². The second-order valence-electron chi connectivity index (χ2n) is 7.91. The summed E-state index contributed by atoms with van der Waals surface area (Å²) in [5, 5.41) is 3.20. The van der Waals surface area contributed by atoms with E-state index in [4.69, 9.17) is 9.47 Å². The van der Waals surface area contributed by atoms with Crippen molar-refractivity contribution in [2.45, 2.75) is 52.2 Å². The van der Waals surface area contributed by atoms with E-state index in [0.29, 0.717) is 6.42 Å². The van der Waals surface area contributed by atoms with E-state index in [1.54, 1.807) is 14.2 Å². The first-order valence-electron chi connectivity index (χ1n) is 10.4. The van der Waals surface area contributed by atoms with Crippen LogP contribution in [0.2, 0.25) is 0 Å². The molecule has 0 aliphatic carbocycles. The lowest BCUT2D eigenvalue weighted by Crippen LogP contribution is -3.13. The Morgan fingerprint density at radius 3 is 2.45 bits per heavy atom. The molecule has 0 radical (unpaired) electrons. The van der Waals surface area contributed by atoms with E-state index in [2.05, 4.69) is 55.6 Å². The minimum atomic E-state index is 0.0139. The maximum Gasteiger partial charge on any atom is 0.220 e. The number of rotatable bonds is 7. The van der Waals surface area contributed by atoms with Crippen molar-refractivity contribution in [3.05, 3.63) is 58.7 Å². The van der Waals surface area contributed by atoms with E-state index in [1.807, 2.05) is 6.92 Å². The maximum atomic E-state index is 12.1. The monoisotopic (exact) mass is 397 g/mol. The predicted octanol–water partition coefficient (Wildman–Crippen LogP) is 2.61. The number of hydrogen-bond donors (Lipinski definition) is 2. The molecule has 2 aromatic rings. The fourth-order valence-corrected chi connectivity index (χ4v) is 4.34. The highest BCUT2D eigenvalue weighted by Crippen LogP contribution is 2.35. The number of carbonyl (C=O) groups is 1. The Morgan fingerprint density at radius 2 is 1.83 bits per heavy atom. The molecule has 1 unspecified atom stereocenters. The molecule has 2 N–H and O–H groups in total. The Bertz CT molecular complexity index is 848. The molecule has 5 heteroatoms. The number of methoxy groups -OCH3 is 2. The van der Waals surface area contributed by atoms with Crippen molar-refractivity contribution in [2.24, 2.45) is 0 Å². The second-order valence-corrected chi connectivity index (χ2v) is 7.91. The van der Waals surface area contributed by atoms with Crippen LogP contribution in [0.3, 0.4) is 0 Å². The molecule has 0 bridgehead atoms. The maximum absolute atomic E-state index is 12.1. The number of hydrogen-bond acceptors (Lipinski definition) is 3. The predicted molar refractivity (Wildman–Crippen MR) is 115 cm³/mol. The van der Waals surface area contributed by atoms with Gasteiger partial charge >= 0.3 is 0 Å². The standard InChI is InChI=1S/C24H32N2O3/c1-6-23(27)25-17(3)24-20-14-22(29-5)21(28-4)13-19(20)11-12-26(24)15-18-9-7-16(2)8-10-18/h7-10,13-14,17,24H,6,11-12,15H2,1-5H3,(H,25,27)/p+1/t17-,24-/m1/s1. The Hall–Kier alpha value is -2.53. The number of quaternary nitrogens is 1. The van der Waals surface area contributed by atoms with Crippen molar-refractivity contribution in [3.8, 4) is 11.5 Å². The zero-order valence-corrected chi connectivity index (χ0v) is 18.2. The highest BCUT2D eigenvalue weighted by Gasteiger charge is 2.37. The molecule has 1 aliphatic rings. The summed E-state index contributed by atoms with van der Waals surface area (Å²) >= 11 is 0. The van der Waals surface area contributed by atoms with Crippen LogP contribution in [0.25, 0.3) is 0 Å². The molecule has 5 nitrogen and oxygen atoms in total. The number of aryl methyl sites for hydroxylation is 1. The summed E-state index contributed by atoms with van der Waals surface area (Å²) in [6.07, 6.45) is 1.46. The van der Waals surface area contributed by atoms with Crippen molar-refractivity contribution in [1.82, 2.24) is 5.32 Å². The van der Waals surface area contributed by atoms with Crippen LogP contribution in [0.1, 0.15) is 48.6 Å². The lowest BCUT2D eigenvalue weighted by molar-refractivity contribution is -0.948. The third-order valence-corrected chi connectivity index (χ3v) is 5.90. The summed E-state index contributed by atoms with van der Waals surface area (Å²) in [5.74, 6) is 1.58. The van der Waals surface area contributed by atoms with Crippen molar-refractivity contribution < 1.29 is 19.2 Å². The smallest absolute Gasteiger partial charge is 0.220 e. The number of fused-ring (bicyclic) bond motifs is 1. The first kappa shape index (κ1) is 21.2. The van der Waals surface area contributed by atoms with E-state index in [-0.39, 0.29) is 18.0 Å². The fraction of sp³-hybridized carbons (Fsp3) is 0.458. The van der Waals surface area contributed by atoms with Crippen LogP contribution in [0.5, 0.6) is 11.5 Å². The molecule has 0 fully saturated rings. The Kier molecular flexibility index (Phi) is 6.80. The van der Waals surface area contributed by atoms with E-state index in [0.717, 1.165) is 31.0 Å². The lowest BCUT2D eigenvalue weighted by Gasteiger charge is -2.38. The lowest BCUT2D eigenvalue weighted by atomic mass is 9.87. The summed E-state index contributed by atoms with van der Waals surface area (Å²) in [5.41, 5.74) is 5.09. The van der Waals surface area contributed by atoms with Crippen LogP contribution in [0, 0.1) is 6.92 Å². The molecule has 0 saturated carbocycles. The number of carbonyl (C=O) groups excluding carboxylic acids is 1. The molecule has 29 heavy (non-hydrogen) atoms. The van der Waals surface area contributed by atoms with Gasteiger partial charge in [0.2, 0.25) is 5.91 Å². The van der Waals surface area contributed by atoms with Gasteiger partial charge in [-0.1, -0.05) is 36.8 Å². The minimum absolute atomic E-state index is 0.0139. The van der Waals surface area contributed by atoms with Crippen molar-refractivity contribution >= 4 is 5.91 Å². The first-order valence-corrected chi connectivity index (χ1v) is 10.4. The Morgan fingerprint density at radius 1 is 1.17 bits per heavy atom. The Balaban J connectivity index is 1.98. The van der Waals surface area contributed by atoms with Gasteiger partial charge in [0, 0.05) is 24.0 Å². The molecule has 1 aliphatic heterocycles. The molecule has 1 amide bonds. The minimum Gasteiger partial charge on any atom is -0.493 e. The third-order valence-electron chi connectivity index (χ3n) is 5.90. The highest BCUT2D eigenvalue weighted by atomic mass is 16.5. The van der Waals surface area contributed by atoms with Crippen LogP contribution in [-0.4, -0.2) is 32.7 Å². The van der Waals surface area contributed by atoms with Gasteiger partial charge in [0.15, 0.2) is 11.5 Å². The van der Waals surface area contributed by atoms with E-state index in [1.165, 1.54) is 27.2 Å². The molecule has 1 heterocycles. The van der Waals surface area contributed by atoms with Crippen LogP contribution in [0.4, 0.5) is 0 Å². The number of amides is 1. The number of benzene rings is 2. The van der Waals surface area contributed by atoms with Crippen molar-refractivity contribution in [1.29, 1.82) is 0 Å². The highest BCUT2D eigenvalue weighted by molar-refractivity contribution is 5.75. The SMILES string of the molecule is CCC(=O)N[C@H](C)[C@@H]1c2cc(OC)c(OC)cc2CC[NH+]1Cc1ccc(C)cc1. The fourth-order valence-electron chi connectivity index (χ4n) is 4.34. The average Bonchev–Trinajstić information content (AvgIpc) is 2.73. The van der Waals surface area contributed by atoms with Crippen LogP contribution < -0.4 is 19.7 Å². The summed E-state index contributed by atoms with van der Waals surface area (Å²) in [6.45, 7) is 8.04. The zero-order valence-electron chi connectivity index (χ0n) is 18.2.